The number of amides is 2. The van der Waals surface area contributed by atoms with Crippen molar-refractivity contribution in [2.45, 2.75) is 18.9 Å². The molecule has 6 heteroatoms. The Balaban J connectivity index is 1.73. The molecular formula is C21H24ClN3O2. The third-order valence-corrected chi connectivity index (χ3v) is 5.16. The Morgan fingerprint density at radius 3 is 2.59 bits per heavy atom. The van der Waals surface area contributed by atoms with Crippen LogP contribution in [0.3, 0.4) is 0 Å². The fourth-order valence-corrected chi connectivity index (χ4v) is 3.55. The second kappa shape index (κ2) is 8.55. The molecule has 142 valence electrons. The molecule has 1 aliphatic heterocycles. The Kier molecular flexibility index (Phi) is 6.14. The molecule has 0 radical (unpaired) electrons. The van der Waals surface area contributed by atoms with Gasteiger partial charge in [0.25, 0.3) is 5.91 Å². The van der Waals surface area contributed by atoms with Gasteiger partial charge in [-0.05, 0) is 44.3 Å². The molecule has 1 atom stereocenters. The maximum atomic E-state index is 12.7. The van der Waals surface area contributed by atoms with Crippen LogP contribution in [-0.2, 0) is 4.79 Å². The summed E-state index contributed by atoms with van der Waals surface area (Å²) in [7, 11) is 3.98. The van der Waals surface area contributed by atoms with Crippen LogP contribution in [0.25, 0.3) is 0 Å². The number of likely N-dealkylation sites (N-methyl/N-ethyl adjacent to an activating group) is 1. The average molecular weight is 386 g/mol. The van der Waals surface area contributed by atoms with Crippen LogP contribution >= 0.6 is 11.6 Å². The standard InChI is InChI=1S/C21H24ClN3O2/c1-24(2)19(15-7-4-3-5-8-15)14-23-21(27)16-10-11-17(22)18(13-16)25-12-6-9-20(25)26/h3-5,7-8,10-11,13,19H,6,9,12,14H2,1-2H3,(H,23,27)/t19-/m0/s1. The largest absolute Gasteiger partial charge is 0.350 e. The number of carbonyl (C=O) groups excluding carboxylic acids is 2. The van der Waals surface area contributed by atoms with Crippen LogP contribution in [0.5, 0.6) is 0 Å². The van der Waals surface area contributed by atoms with E-state index < -0.39 is 0 Å². The molecule has 1 fully saturated rings. The second-order valence-corrected chi connectivity index (χ2v) is 7.32. The molecule has 0 aliphatic carbocycles. The van der Waals surface area contributed by atoms with Crippen LogP contribution in [0.2, 0.25) is 5.02 Å². The Bertz CT molecular complexity index is 823. The van der Waals surface area contributed by atoms with Gasteiger partial charge in [-0.3, -0.25) is 9.59 Å². The third kappa shape index (κ3) is 4.49. The number of rotatable bonds is 6. The summed E-state index contributed by atoms with van der Waals surface area (Å²) in [4.78, 5) is 28.4. The lowest BCUT2D eigenvalue weighted by Crippen LogP contribution is -2.34. The van der Waals surface area contributed by atoms with Gasteiger partial charge in [-0.25, -0.2) is 0 Å². The lowest BCUT2D eigenvalue weighted by atomic mass is 10.1. The lowest BCUT2D eigenvalue weighted by Gasteiger charge is -2.25. The van der Waals surface area contributed by atoms with Gasteiger partial charge in [0, 0.05) is 25.1 Å². The van der Waals surface area contributed by atoms with Crippen molar-refractivity contribution < 1.29 is 9.59 Å². The molecule has 0 bridgehead atoms. The van der Waals surface area contributed by atoms with Gasteiger partial charge < -0.3 is 15.1 Å². The van der Waals surface area contributed by atoms with E-state index in [1.165, 1.54) is 0 Å². The minimum absolute atomic E-state index is 0.0474. The van der Waals surface area contributed by atoms with Crippen LogP contribution in [0.4, 0.5) is 5.69 Å². The second-order valence-electron chi connectivity index (χ2n) is 6.92. The number of anilines is 1. The van der Waals surface area contributed by atoms with Crippen molar-refractivity contribution in [3.8, 4) is 0 Å². The molecule has 0 unspecified atom stereocenters. The summed E-state index contributed by atoms with van der Waals surface area (Å²) in [6.07, 6.45) is 1.33. The van der Waals surface area contributed by atoms with E-state index in [0.717, 1.165) is 12.0 Å². The first-order valence-electron chi connectivity index (χ1n) is 9.07. The summed E-state index contributed by atoms with van der Waals surface area (Å²) in [5, 5.41) is 3.48. The number of halogens is 1. The van der Waals surface area contributed by atoms with E-state index in [2.05, 4.69) is 22.3 Å². The summed E-state index contributed by atoms with van der Waals surface area (Å²) in [5.41, 5.74) is 2.25. The molecule has 1 heterocycles. The van der Waals surface area contributed by atoms with Gasteiger partial charge >= 0.3 is 0 Å². The summed E-state index contributed by atoms with van der Waals surface area (Å²) in [5.74, 6) is -0.131. The third-order valence-electron chi connectivity index (χ3n) is 4.84. The first-order chi connectivity index (χ1) is 13.0. The summed E-state index contributed by atoms with van der Waals surface area (Å²) >= 11 is 6.26. The van der Waals surface area contributed by atoms with Crippen molar-refractivity contribution in [2.24, 2.45) is 0 Å². The maximum absolute atomic E-state index is 12.7. The SMILES string of the molecule is CN(C)[C@@H](CNC(=O)c1ccc(Cl)c(N2CCCC2=O)c1)c1ccccc1. The molecule has 2 amide bonds. The van der Waals surface area contributed by atoms with E-state index >= 15 is 0 Å². The Morgan fingerprint density at radius 2 is 1.96 bits per heavy atom. The molecule has 2 aromatic carbocycles. The quantitative estimate of drug-likeness (QED) is 0.828. The van der Waals surface area contributed by atoms with Gasteiger partial charge in [-0.2, -0.15) is 0 Å². The predicted molar refractivity (Wildman–Crippen MR) is 108 cm³/mol. The highest BCUT2D eigenvalue weighted by Crippen LogP contribution is 2.30. The van der Waals surface area contributed by atoms with Gasteiger partial charge in [0.1, 0.15) is 0 Å². The summed E-state index contributed by atoms with van der Waals surface area (Å²) in [6.45, 7) is 1.12. The minimum Gasteiger partial charge on any atom is -0.350 e. The van der Waals surface area contributed by atoms with E-state index in [4.69, 9.17) is 11.6 Å². The number of nitrogens with one attached hydrogen (secondary N) is 1. The summed E-state index contributed by atoms with van der Waals surface area (Å²) < 4.78 is 0. The highest BCUT2D eigenvalue weighted by molar-refractivity contribution is 6.34. The van der Waals surface area contributed by atoms with Crippen LogP contribution in [0.15, 0.2) is 48.5 Å². The predicted octanol–water partition coefficient (Wildman–Crippen LogP) is 3.50. The molecule has 0 aromatic heterocycles. The van der Waals surface area contributed by atoms with Gasteiger partial charge in [0.15, 0.2) is 0 Å². The van der Waals surface area contributed by atoms with Crippen molar-refractivity contribution >= 4 is 29.1 Å². The molecule has 1 N–H and O–H groups in total. The summed E-state index contributed by atoms with van der Waals surface area (Å²) in [6, 6.07) is 15.2. The number of hydrogen-bond donors (Lipinski definition) is 1. The highest BCUT2D eigenvalue weighted by Gasteiger charge is 2.24. The number of hydrogen-bond acceptors (Lipinski definition) is 3. The molecule has 3 rings (SSSR count). The lowest BCUT2D eigenvalue weighted by molar-refractivity contribution is -0.117. The fourth-order valence-electron chi connectivity index (χ4n) is 3.33. The van der Waals surface area contributed by atoms with Crippen molar-refractivity contribution in [3.63, 3.8) is 0 Å². The van der Waals surface area contributed by atoms with E-state index in [9.17, 15) is 9.59 Å². The van der Waals surface area contributed by atoms with Crippen LogP contribution in [0.1, 0.15) is 34.8 Å². The van der Waals surface area contributed by atoms with Gasteiger partial charge in [-0.1, -0.05) is 41.9 Å². The minimum atomic E-state index is -0.178. The first-order valence-corrected chi connectivity index (χ1v) is 9.44. The monoisotopic (exact) mass is 385 g/mol. The van der Waals surface area contributed by atoms with E-state index in [1.807, 2.05) is 32.3 Å². The normalized spacial score (nSPS) is 15.3. The Hall–Kier alpha value is -2.37. The Labute approximate surface area is 164 Å². The maximum Gasteiger partial charge on any atom is 0.251 e. The zero-order valence-corrected chi connectivity index (χ0v) is 16.4. The molecule has 0 spiro atoms. The van der Waals surface area contributed by atoms with Gasteiger partial charge in [0.05, 0.1) is 16.8 Å². The zero-order chi connectivity index (χ0) is 19.4. The van der Waals surface area contributed by atoms with E-state index in [-0.39, 0.29) is 17.9 Å². The van der Waals surface area contributed by atoms with Crippen molar-refractivity contribution in [1.29, 1.82) is 0 Å². The zero-order valence-electron chi connectivity index (χ0n) is 15.6. The number of carbonyl (C=O) groups is 2. The Morgan fingerprint density at radius 1 is 1.22 bits per heavy atom. The average Bonchev–Trinajstić information content (AvgIpc) is 3.08. The van der Waals surface area contributed by atoms with Crippen molar-refractivity contribution in [3.05, 3.63) is 64.7 Å². The van der Waals surface area contributed by atoms with Crippen molar-refractivity contribution in [2.75, 3.05) is 32.1 Å². The highest BCUT2D eigenvalue weighted by atomic mass is 35.5. The smallest absolute Gasteiger partial charge is 0.251 e. The molecule has 0 saturated carbocycles. The first kappa shape index (κ1) is 19.4. The molecular weight excluding hydrogens is 362 g/mol. The molecule has 1 saturated heterocycles. The topological polar surface area (TPSA) is 52.7 Å². The molecule has 27 heavy (non-hydrogen) atoms. The van der Waals surface area contributed by atoms with Gasteiger partial charge in [-0.15, -0.1) is 0 Å². The van der Waals surface area contributed by atoms with Gasteiger partial charge in [0.2, 0.25) is 5.91 Å². The molecule has 2 aromatic rings. The number of nitrogens with zero attached hydrogens (tertiary/aromatic N) is 2. The fraction of sp³-hybridized carbons (Fsp3) is 0.333. The molecule has 1 aliphatic rings. The number of benzene rings is 2. The van der Waals surface area contributed by atoms with Crippen LogP contribution in [0, 0.1) is 0 Å². The molecule has 5 nitrogen and oxygen atoms in total. The van der Waals surface area contributed by atoms with Crippen LogP contribution in [-0.4, -0.2) is 43.9 Å². The van der Waals surface area contributed by atoms with Crippen LogP contribution < -0.4 is 10.2 Å². The van der Waals surface area contributed by atoms with Crippen molar-refractivity contribution in [1.82, 2.24) is 10.2 Å². The van der Waals surface area contributed by atoms with E-state index in [1.54, 1.807) is 23.1 Å². The van der Waals surface area contributed by atoms with E-state index in [0.29, 0.717) is 35.8 Å².